The quantitative estimate of drug-likeness (QED) is 0.165. The number of aryl methyl sites for hydroxylation is 3. The minimum absolute atomic E-state index is 0.0775. The number of aliphatic hydroxyl groups is 1. The van der Waals surface area contributed by atoms with Crippen molar-refractivity contribution in [1.29, 1.82) is 0 Å². The van der Waals surface area contributed by atoms with Gasteiger partial charge in [0.15, 0.2) is 22.4 Å². The lowest BCUT2D eigenvalue weighted by Gasteiger charge is -2.23. The van der Waals surface area contributed by atoms with Crippen LogP contribution in [0.4, 0.5) is 5.13 Å². The van der Waals surface area contributed by atoms with Gasteiger partial charge < -0.3 is 14.9 Å². The van der Waals surface area contributed by atoms with E-state index in [0.29, 0.717) is 34.3 Å². The minimum atomic E-state index is -1.03. The molecular weight excluding hydrogens is 528 g/mol. The van der Waals surface area contributed by atoms with Crippen molar-refractivity contribution in [3.63, 3.8) is 0 Å². The fourth-order valence-corrected chi connectivity index (χ4v) is 6.47. The van der Waals surface area contributed by atoms with Crippen molar-refractivity contribution in [2.24, 2.45) is 0 Å². The van der Waals surface area contributed by atoms with Gasteiger partial charge in [-0.3, -0.25) is 18.9 Å². The number of phenols is 1. The monoisotopic (exact) mass is 554 g/mol. The molecule has 0 spiro atoms. The molecule has 5 aromatic rings. The number of fused-ring (bicyclic) bond motifs is 2. The lowest BCUT2D eigenvalue weighted by atomic mass is 9.96. The van der Waals surface area contributed by atoms with E-state index in [0.717, 1.165) is 21.3 Å². The highest BCUT2D eigenvalue weighted by atomic mass is 32.1. The molecule has 1 fully saturated rings. The number of ketones is 1. The number of aliphatic hydroxyl groups excluding tert-OH is 1. The number of thiazole rings is 1. The lowest BCUT2D eigenvalue weighted by molar-refractivity contribution is -0.132. The number of ether oxygens (including phenoxy) is 1. The molecule has 1 atom stereocenters. The summed E-state index contributed by atoms with van der Waals surface area (Å²) in [7, 11) is 0. The number of nitrogens with zero attached hydrogens (tertiary/aromatic N) is 4. The standard InChI is InChI=1S/C30H26N4O5S/c1-5-39-20-14-18(9-10-19(20)35)26-23(27(36)25-17(4)31-22-8-6-7-11-33(22)25)28(37)29(38)34(26)30-32-24-16(3)12-15(2)13-21(24)40-30/h6-14,26,35-36H,5H2,1-4H3. The topological polar surface area (TPSA) is 117 Å². The molecule has 0 radical (unpaired) electrons. The number of amides is 1. The number of carbonyl (C=O) groups excluding carboxylic acids is 2. The maximum Gasteiger partial charge on any atom is 0.301 e. The zero-order valence-electron chi connectivity index (χ0n) is 22.3. The predicted octanol–water partition coefficient (Wildman–Crippen LogP) is 5.60. The van der Waals surface area contributed by atoms with Gasteiger partial charge in [-0.2, -0.15) is 0 Å². The number of imidazole rings is 1. The average Bonchev–Trinajstić information content (AvgIpc) is 3.56. The Bertz CT molecular complexity index is 1890. The van der Waals surface area contributed by atoms with Crippen LogP contribution in [0.3, 0.4) is 0 Å². The minimum Gasteiger partial charge on any atom is -0.505 e. The second-order valence-corrected chi connectivity index (χ2v) is 10.7. The van der Waals surface area contributed by atoms with E-state index in [1.165, 1.54) is 22.3 Å². The van der Waals surface area contributed by atoms with Crippen molar-refractivity contribution < 1.29 is 24.5 Å². The average molecular weight is 555 g/mol. The number of hydrogen-bond acceptors (Lipinski definition) is 8. The van der Waals surface area contributed by atoms with E-state index < -0.39 is 17.7 Å². The maximum absolute atomic E-state index is 13.7. The zero-order chi connectivity index (χ0) is 28.3. The number of carbonyl (C=O) groups is 2. The van der Waals surface area contributed by atoms with E-state index in [1.54, 1.807) is 48.7 Å². The number of benzene rings is 2. The first-order valence-corrected chi connectivity index (χ1v) is 13.6. The van der Waals surface area contributed by atoms with Gasteiger partial charge in [-0.05, 0) is 74.7 Å². The first-order valence-electron chi connectivity index (χ1n) is 12.8. The summed E-state index contributed by atoms with van der Waals surface area (Å²) in [6.45, 7) is 7.76. The van der Waals surface area contributed by atoms with Crippen LogP contribution in [0.2, 0.25) is 0 Å². The summed E-state index contributed by atoms with van der Waals surface area (Å²) in [6, 6.07) is 13.0. The van der Waals surface area contributed by atoms with Crippen LogP contribution in [-0.2, 0) is 9.59 Å². The van der Waals surface area contributed by atoms with Gasteiger partial charge in [0.1, 0.15) is 11.3 Å². The van der Waals surface area contributed by atoms with Crippen molar-refractivity contribution >= 4 is 49.8 Å². The van der Waals surface area contributed by atoms with Crippen LogP contribution in [0.1, 0.15) is 41.0 Å². The molecular formula is C30H26N4O5S. The summed E-state index contributed by atoms with van der Waals surface area (Å²) in [4.78, 5) is 38.1. The molecule has 2 N–H and O–H groups in total. The van der Waals surface area contributed by atoms with Crippen molar-refractivity contribution in [1.82, 2.24) is 14.4 Å². The number of phenolic OH excluding ortho intramolecular Hbond substituents is 1. The Balaban J connectivity index is 1.63. The normalized spacial score (nSPS) is 16.9. The molecule has 1 saturated heterocycles. The highest BCUT2D eigenvalue weighted by molar-refractivity contribution is 7.22. The molecule has 1 unspecified atom stereocenters. The van der Waals surface area contributed by atoms with Crippen LogP contribution in [0.15, 0.2) is 60.3 Å². The summed E-state index contributed by atoms with van der Waals surface area (Å²) < 4.78 is 8.17. The molecule has 202 valence electrons. The van der Waals surface area contributed by atoms with Crippen molar-refractivity contribution in [2.45, 2.75) is 33.7 Å². The van der Waals surface area contributed by atoms with Gasteiger partial charge in [0.25, 0.3) is 5.78 Å². The zero-order valence-corrected chi connectivity index (χ0v) is 23.1. The summed E-state index contributed by atoms with van der Waals surface area (Å²) >= 11 is 1.30. The van der Waals surface area contributed by atoms with Gasteiger partial charge in [-0.1, -0.05) is 29.5 Å². The summed E-state index contributed by atoms with van der Waals surface area (Å²) in [5.41, 5.74) is 4.53. The predicted molar refractivity (Wildman–Crippen MR) is 153 cm³/mol. The molecule has 9 nitrogen and oxygen atoms in total. The van der Waals surface area contributed by atoms with Gasteiger partial charge in [-0.25, -0.2) is 9.97 Å². The second-order valence-electron chi connectivity index (χ2n) is 9.73. The molecule has 6 rings (SSSR count). The molecule has 1 amide bonds. The second kappa shape index (κ2) is 9.49. The molecule has 0 aliphatic carbocycles. The Morgan fingerprint density at radius 1 is 1.07 bits per heavy atom. The summed E-state index contributed by atoms with van der Waals surface area (Å²) in [5.74, 6) is -1.87. The largest absolute Gasteiger partial charge is 0.505 e. The van der Waals surface area contributed by atoms with E-state index in [9.17, 15) is 19.8 Å². The molecule has 4 heterocycles. The SMILES string of the molecule is CCOc1cc(C2C(=C(O)c3c(C)nc4ccccn34)C(=O)C(=O)N2c2nc3c(C)cc(C)cc3s2)ccc1O. The highest BCUT2D eigenvalue weighted by Gasteiger charge is 2.49. The molecule has 0 saturated carbocycles. The van der Waals surface area contributed by atoms with Gasteiger partial charge in [0.2, 0.25) is 0 Å². The van der Waals surface area contributed by atoms with Crippen LogP contribution >= 0.6 is 11.3 Å². The van der Waals surface area contributed by atoms with E-state index in [4.69, 9.17) is 9.72 Å². The maximum atomic E-state index is 13.7. The van der Waals surface area contributed by atoms with E-state index in [-0.39, 0.29) is 22.8 Å². The van der Waals surface area contributed by atoms with Crippen LogP contribution in [0.25, 0.3) is 21.6 Å². The van der Waals surface area contributed by atoms with Gasteiger partial charge in [-0.15, -0.1) is 0 Å². The number of anilines is 1. The van der Waals surface area contributed by atoms with Gasteiger partial charge in [0.05, 0.1) is 34.1 Å². The van der Waals surface area contributed by atoms with E-state index >= 15 is 0 Å². The Labute approximate surface area is 233 Å². The number of aromatic hydroxyl groups is 1. The smallest absolute Gasteiger partial charge is 0.301 e. The van der Waals surface area contributed by atoms with Crippen molar-refractivity contribution in [2.75, 3.05) is 11.5 Å². The number of Topliss-reactive ketones (excluding diaryl/α,β-unsaturated/α-hetero) is 1. The van der Waals surface area contributed by atoms with Crippen molar-refractivity contribution in [3.8, 4) is 11.5 Å². The molecule has 0 bridgehead atoms. The number of hydrogen-bond donors (Lipinski definition) is 2. The van der Waals surface area contributed by atoms with Crippen LogP contribution < -0.4 is 9.64 Å². The number of rotatable bonds is 5. The summed E-state index contributed by atoms with van der Waals surface area (Å²) in [6.07, 6.45) is 1.74. The molecule has 40 heavy (non-hydrogen) atoms. The van der Waals surface area contributed by atoms with Crippen molar-refractivity contribution in [3.05, 3.63) is 88.4 Å². The first-order chi connectivity index (χ1) is 19.2. The molecule has 2 aromatic carbocycles. The van der Waals surface area contributed by atoms with Gasteiger partial charge in [0, 0.05) is 6.20 Å². The van der Waals surface area contributed by atoms with Crippen LogP contribution in [0, 0.1) is 20.8 Å². The van der Waals surface area contributed by atoms with Crippen LogP contribution in [0.5, 0.6) is 11.5 Å². The van der Waals surface area contributed by atoms with Gasteiger partial charge >= 0.3 is 5.91 Å². The molecule has 3 aromatic heterocycles. The Kier molecular flexibility index (Phi) is 6.07. The Morgan fingerprint density at radius 3 is 2.65 bits per heavy atom. The molecule has 1 aliphatic rings. The first kappa shape index (κ1) is 25.6. The third kappa shape index (κ3) is 3.91. The fourth-order valence-electron chi connectivity index (χ4n) is 5.31. The number of pyridine rings is 1. The third-order valence-corrected chi connectivity index (χ3v) is 8.00. The van der Waals surface area contributed by atoms with E-state index in [1.807, 2.05) is 32.0 Å². The molecule has 10 heteroatoms. The van der Waals surface area contributed by atoms with Crippen LogP contribution in [-0.4, -0.2) is 42.9 Å². The Morgan fingerprint density at radius 2 is 1.88 bits per heavy atom. The number of aromatic nitrogens is 3. The third-order valence-electron chi connectivity index (χ3n) is 7.00. The lowest BCUT2D eigenvalue weighted by Crippen LogP contribution is -2.29. The molecule has 1 aliphatic heterocycles. The fraction of sp³-hybridized carbons (Fsp3) is 0.200. The highest BCUT2D eigenvalue weighted by Crippen LogP contribution is 2.46. The Hall–Kier alpha value is -4.70. The van der Waals surface area contributed by atoms with E-state index in [2.05, 4.69) is 4.98 Å². The summed E-state index contributed by atoms with van der Waals surface area (Å²) in [5, 5.41) is 22.4.